The number of nitrogens with one attached hydrogen (secondary N) is 1. The minimum absolute atomic E-state index is 0.216. The van der Waals surface area contributed by atoms with E-state index in [1.165, 1.54) is 6.20 Å². The molecule has 6 nitrogen and oxygen atoms in total. The number of hydrogen-bond acceptors (Lipinski definition) is 4. The Morgan fingerprint density at radius 3 is 3.06 bits per heavy atom. The monoisotopic (exact) mass is 265 g/mol. The number of aromatic nitrogens is 4. The molecule has 2 aromatic rings. The molecule has 0 unspecified atom stereocenters. The molecule has 0 aliphatic heterocycles. The molecule has 2 aromatic heterocycles. The molecule has 0 fully saturated rings. The number of amides is 1. The number of aryl methyl sites for hydroxylation is 1. The van der Waals surface area contributed by atoms with Gasteiger partial charge in [0, 0.05) is 31.7 Å². The van der Waals surface area contributed by atoms with Crippen molar-refractivity contribution >= 4 is 17.5 Å². The number of pyridine rings is 1. The van der Waals surface area contributed by atoms with Gasteiger partial charge in [-0.3, -0.25) is 14.5 Å². The molecule has 0 aliphatic carbocycles. The molecule has 18 heavy (non-hydrogen) atoms. The summed E-state index contributed by atoms with van der Waals surface area (Å²) in [6.45, 7) is 1.25. The van der Waals surface area contributed by atoms with Gasteiger partial charge in [0.05, 0.1) is 16.8 Å². The standard InChI is InChI=1S/C11H12ClN5O/c12-10-2-4-13-8-9(10)11(18)14-3-1-6-17-7-5-15-16-17/h2,4-5,7-8H,1,3,6H2,(H,14,18). The van der Waals surface area contributed by atoms with Crippen LogP contribution in [0.1, 0.15) is 16.8 Å². The molecular weight excluding hydrogens is 254 g/mol. The Morgan fingerprint density at radius 2 is 2.33 bits per heavy atom. The normalized spacial score (nSPS) is 10.3. The van der Waals surface area contributed by atoms with Crippen LogP contribution in [0.5, 0.6) is 0 Å². The molecule has 0 aromatic carbocycles. The Hall–Kier alpha value is -1.95. The van der Waals surface area contributed by atoms with Crippen molar-refractivity contribution in [3.8, 4) is 0 Å². The summed E-state index contributed by atoms with van der Waals surface area (Å²) in [4.78, 5) is 15.6. The van der Waals surface area contributed by atoms with Crippen molar-refractivity contribution in [1.29, 1.82) is 0 Å². The topological polar surface area (TPSA) is 72.7 Å². The van der Waals surface area contributed by atoms with Gasteiger partial charge in [0.25, 0.3) is 5.91 Å². The molecular formula is C11H12ClN5O. The van der Waals surface area contributed by atoms with Crippen LogP contribution < -0.4 is 5.32 Å². The summed E-state index contributed by atoms with van der Waals surface area (Å²) >= 11 is 5.89. The maximum absolute atomic E-state index is 11.8. The second-order valence-electron chi connectivity index (χ2n) is 3.63. The lowest BCUT2D eigenvalue weighted by Gasteiger charge is -2.06. The van der Waals surface area contributed by atoms with Gasteiger partial charge in [-0.05, 0) is 12.5 Å². The molecule has 0 radical (unpaired) electrons. The van der Waals surface area contributed by atoms with E-state index in [2.05, 4.69) is 20.6 Å². The molecule has 2 heterocycles. The predicted octanol–water partition coefficient (Wildman–Crippen LogP) is 1.15. The van der Waals surface area contributed by atoms with E-state index in [9.17, 15) is 4.79 Å². The van der Waals surface area contributed by atoms with Crippen molar-refractivity contribution in [1.82, 2.24) is 25.3 Å². The lowest BCUT2D eigenvalue weighted by Crippen LogP contribution is -2.25. The Kier molecular flexibility index (Phi) is 4.25. The van der Waals surface area contributed by atoms with E-state index >= 15 is 0 Å². The minimum Gasteiger partial charge on any atom is -0.352 e. The lowest BCUT2D eigenvalue weighted by molar-refractivity contribution is 0.0952. The summed E-state index contributed by atoms with van der Waals surface area (Å²) in [7, 11) is 0. The number of halogens is 1. The zero-order valence-corrected chi connectivity index (χ0v) is 10.3. The Morgan fingerprint density at radius 1 is 1.44 bits per heavy atom. The molecule has 1 amide bonds. The fraction of sp³-hybridized carbons (Fsp3) is 0.273. The number of carbonyl (C=O) groups excluding carboxylic acids is 1. The van der Waals surface area contributed by atoms with Crippen molar-refractivity contribution in [2.45, 2.75) is 13.0 Å². The van der Waals surface area contributed by atoms with Crippen molar-refractivity contribution in [2.24, 2.45) is 0 Å². The van der Waals surface area contributed by atoms with E-state index < -0.39 is 0 Å². The van der Waals surface area contributed by atoms with Gasteiger partial charge in [-0.15, -0.1) is 5.10 Å². The molecule has 0 aliphatic rings. The largest absolute Gasteiger partial charge is 0.352 e. The summed E-state index contributed by atoms with van der Waals surface area (Å²) in [6, 6.07) is 1.59. The van der Waals surface area contributed by atoms with Crippen LogP contribution >= 0.6 is 11.6 Å². The summed E-state index contributed by atoms with van der Waals surface area (Å²) in [5, 5.41) is 10.7. The second kappa shape index (κ2) is 6.11. The van der Waals surface area contributed by atoms with Gasteiger partial charge in [-0.1, -0.05) is 16.8 Å². The smallest absolute Gasteiger partial charge is 0.254 e. The lowest BCUT2D eigenvalue weighted by atomic mass is 10.2. The quantitative estimate of drug-likeness (QED) is 0.823. The van der Waals surface area contributed by atoms with Gasteiger partial charge in [-0.25, -0.2) is 0 Å². The maximum atomic E-state index is 11.8. The molecule has 94 valence electrons. The number of rotatable bonds is 5. The summed E-state index contributed by atoms with van der Waals surface area (Å²) < 4.78 is 1.71. The first-order valence-electron chi connectivity index (χ1n) is 5.49. The van der Waals surface area contributed by atoms with Crippen LogP contribution in [0.25, 0.3) is 0 Å². The third-order valence-corrected chi connectivity index (χ3v) is 2.66. The highest BCUT2D eigenvalue weighted by Gasteiger charge is 2.08. The summed E-state index contributed by atoms with van der Waals surface area (Å²) in [5.74, 6) is -0.216. The number of hydrogen-bond donors (Lipinski definition) is 1. The van der Waals surface area contributed by atoms with Gasteiger partial charge >= 0.3 is 0 Å². The zero-order chi connectivity index (χ0) is 12.8. The average molecular weight is 266 g/mol. The number of nitrogens with zero attached hydrogens (tertiary/aromatic N) is 4. The highest BCUT2D eigenvalue weighted by molar-refractivity contribution is 6.33. The highest BCUT2D eigenvalue weighted by atomic mass is 35.5. The van der Waals surface area contributed by atoms with Crippen LogP contribution in [0.2, 0.25) is 5.02 Å². The molecule has 0 spiro atoms. The van der Waals surface area contributed by atoms with Gasteiger partial charge in [-0.2, -0.15) is 0 Å². The van der Waals surface area contributed by atoms with Crippen molar-refractivity contribution in [2.75, 3.05) is 6.54 Å². The summed E-state index contributed by atoms with van der Waals surface area (Å²) in [5.41, 5.74) is 0.389. The first-order valence-corrected chi connectivity index (χ1v) is 5.87. The average Bonchev–Trinajstić information content (AvgIpc) is 2.88. The first-order chi connectivity index (χ1) is 8.77. The van der Waals surface area contributed by atoms with Crippen molar-refractivity contribution < 1.29 is 4.79 Å². The van der Waals surface area contributed by atoms with E-state index in [-0.39, 0.29) is 5.91 Å². The summed E-state index contributed by atoms with van der Waals surface area (Å²) in [6.07, 6.45) is 7.17. The van der Waals surface area contributed by atoms with Crippen LogP contribution in [0.4, 0.5) is 0 Å². The van der Waals surface area contributed by atoms with E-state index in [1.54, 1.807) is 29.3 Å². The van der Waals surface area contributed by atoms with Crippen LogP contribution in [0, 0.1) is 0 Å². The van der Waals surface area contributed by atoms with Crippen LogP contribution in [-0.2, 0) is 6.54 Å². The first kappa shape index (κ1) is 12.5. The van der Waals surface area contributed by atoms with Crippen LogP contribution in [0.3, 0.4) is 0 Å². The Balaban J connectivity index is 1.77. The number of carbonyl (C=O) groups is 1. The second-order valence-corrected chi connectivity index (χ2v) is 4.04. The van der Waals surface area contributed by atoms with Gasteiger partial charge < -0.3 is 5.32 Å². The van der Waals surface area contributed by atoms with E-state index in [1.807, 2.05) is 0 Å². The van der Waals surface area contributed by atoms with Crippen LogP contribution in [-0.4, -0.2) is 32.4 Å². The van der Waals surface area contributed by atoms with Crippen LogP contribution in [0.15, 0.2) is 30.9 Å². The molecule has 1 N–H and O–H groups in total. The van der Waals surface area contributed by atoms with Gasteiger partial charge in [0.1, 0.15) is 0 Å². The van der Waals surface area contributed by atoms with E-state index in [4.69, 9.17) is 11.6 Å². The maximum Gasteiger partial charge on any atom is 0.254 e. The minimum atomic E-state index is -0.216. The zero-order valence-electron chi connectivity index (χ0n) is 9.58. The molecule has 2 rings (SSSR count). The Bertz CT molecular complexity index is 514. The molecule has 0 atom stereocenters. The third kappa shape index (κ3) is 3.27. The predicted molar refractivity (Wildman–Crippen MR) is 66.2 cm³/mol. The Labute approximate surface area is 109 Å². The fourth-order valence-corrected chi connectivity index (χ4v) is 1.63. The molecule has 0 saturated heterocycles. The molecule has 0 saturated carbocycles. The van der Waals surface area contributed by atoms with Crippen molar-refractivity contribution in [3.63, 3.8) is 0 Å². The fourth-order valence-electron chi connectivity index (χ4n) is 1.43. The third-order valence-electron chi connectivity index (χ3n) is 2.33. The van der Waals surface area contributed by atoms with Gasteiger partial charge in [0.15, 0.2) is 0 Å². The van der Waals surface area contributed by atoms with E-state index in [0.717, 1.165) is 6.42 Å². The van der Waals surface area contributed by atoms with Crippen molar-refractivity contribution in [3.05, 3.63) is 41.4 Å². The SMILES string of the molecule is O=C(NCCCn1ccnn1)c1cnccc1Cl. The molecule has 0 bridgehead atoms. The van der Waals surface area contributed by atoms with Gasteiger partial charge in [0.2, 0.25) is 0 Å². The highest BCUT2D eigenvalue weighted by Crippen LogP contribution is 2.12. The van der Waals surface area contributed by atoms with E-state index in [0.29, 0.717) is 23.7 Å². The molecule has 7 heteroatoms.